The largest absolute Gasteiger partial charge is 0.480 e. The number of thioether (sulfide) groups is 1. The van der Waals surface area contributed by atoms with Gasteiger partial charge in [-0.25, -0.2) is 9.59 Å². The quantitative estimate of drug-likeness (QED) is 0.122. The summed E-state index contributed by atoms with van der Waals surface area (Å²) in [4.78, 5) is 53.9. The van der Waals surface area contributed by atoms with Crippen LogP contribution in [0.5, 0.6) is 0 Å². The van der Waals surface area contributed by atoms with E-state index in [2.05, 4.69) is 5.32 Å². The van der Waals surface area contributed by atoms with Crippen molar-refractivity contribution in [2.75, 3.05) is 40.7 Å². The molecule has 0 saturated carbocycles. The maximum atomic E-state index is 14.2. The highest BCUT2D eigenvalue weighted by Crippen LogP contribution is 2.45. The number of likely N-dealkylation sites (N-methyl/N-ethyl adjacent to an activating group) is 1. The minimum Gasteiger partial charge on any atom is -0.480 e. The number of aliphatic carboxylic acids is 1. The summed E-state index contributed by atoms with van der Waals surface area (Å²) < 4.78 is 48.2. The Bertz CT molecular complexity index is 1510. The number of hydrogen-bond acceptors (Lipinski definition) is 17. The molecule has 0 aromatic carbocycles. The number of esters is 1. The van der Waals surface area contributed by atoms with E-state index in [-0.39, 0.29) is 42.4 Å². The summed E-state index contributed by atoms with van der Waals surface area (Å²) in [5.74, 6) is -4.11. The molecular weight excluding hydrogens is 821 g/mol. The van der Waals surface area contributed by atoms with Gasteiger partial charge in [0.05, 0.1) is 31.0 Å². The Morgan fingerprint density at radius 1 is 0.984 bits per heavy atom. The molecule has 0 bridgehead atoms. The number of nitrogens with zero attached hydrogens (tertiary/aromatic N) is 1. The topological polar surface area (TPSA) is 242 Å². The second kappa shape index (κ2) is 22.6. The van der Waals surface area contributed by atoms with Gasteiger partial charge in [0.2, 0.25) is 5.91 Å². The van der Waals surface area contributed by atoms with Gasteiger partial charge in [-0.2, -0.15) is 11.8 Å². The van der Waals surface area contributed by atoms with E-state index >= 15 is 0 Å². The molecule has 0 aromatic rings. The van der Waals surface area contributed by atoms with Crippen LogP contribution in [0.2, 0.25) is 0 Å². The average Bonchev–Trinajstić information content (AvgIpc) is 4.01. The van der Waals surface area contributed by atoms with Crippen molar-refractivity contribution in [2.24, 2.45) is 17.8 Å². The van der Waals surface area contributed by atoms with Crippen LogP contribution in [0, 0.1) is 17.8 Å². The third-order valence-electron chi connectivity index (χ3n) is 12.4. The van der Waals surface area contributed by atoms with Crippen molar-refractivity contribution in [2.45, 2.75) is 171 Å². The average molecular weight is 891 g/mol. The molecule has 0 aromatic heterocycles. The fourth-order valence-corrected chi connectivity index (χ4v) is 10.1. The van der Waals surface area contributed by atoms with Crippen molar-refractivity contribution in [3.63, 3.8) is 0 Å². The van der Waals surface area contributed by atoms with Crippen molar-refractivity contribution < 1.29 is 77.5 Å². The van der Waals surface area contributed by atoms with Crippen molar-refractivity contribution in [1.29, 1.82) is 0 Å². The Hall–Kier alpha value is -2.27. The van der Waals surface area contributed by atoms with Crippen molar-refractivity contribution in [1.82, 2.24) is 10.2 Å². The highest BCUT2D eigenvalue weighted by molar-refractivity contribution is 8.00. The van der Waals surface area contributed by atoms with Gasteiger partial charge in [-0.1, -0.05) is 33.8 Å². The number of hydrogen-bond donors (Lipinski definition) is 5. The van der Waals surface area contributed by atoms with Gasteiger partial charge in [0, 0.05) is 62.5 Å². The lowest BCUT2D eigenvalue weighted by molar-refractivity contribution is -0.313. The standard InChI is InChI=1S/C42H70N2O16S/c1-12-30-42(52,19-55-41-37(54-11)36(53-10)32(48)24(6)57-41)38-35(59-38)29(61-18-26(39(50)51)43-25(7)45)17-28(46)21(3)15-22(4)34(20(2)13-14-31(47)58-30)60-40-33(49)27(44(8)9)16-23(5)56-40/h13-14,20-24,26-27,29-30,32-38,40-41,48-49,52H,12,15-19H2,1-11H3,(H,43,45)(H,50,51)/b14-13-/t20-,21+,22-,23?,24+,26+,27-,29?,30?,32+,33+,34+,35+,36+,37+,38+,40-,41+,42-/m0/s1. The molecule has 4 heterocycles. The van der Waals surface area contributed by atoms with Crippen LogP contribution >= 0.6 is 11.8 Å². The molecule has 0 aliphatic carbocycles. The van der Waals surface area contributed by atoms with Crippen LogP contribution in [0.25, 0.3) is 0 Å². The molecular formula is C42H70N2O16S. The molecule has 4 rings (SSSR count). The van der Waals surface area contributed by atoms with E-state index in [1.165, 1.54) is 27.2 Å². The lowest BCUT2D eigenvalue weighted by atomic mass is 9.83. The van der Waals surface area contributed by atoms with E-state index < -0.39 is 121 Å². The molecule has 0 radical (unpaired) electrons. The van der Waals surface area contributed by atoms with Gasteiger partial charge < -0.3 is 68.5 Å². The first-order valence-corrected chi connectivity index (χ1v) is 22.3. The maximum Gasteiger partial charge on any atom is 0.330 e. The van der Waals surface area contributed by atoms with E-state index in [0.29, 0.717) is 12.8 Å². The van der Waals surface area contributed by atoms with Gasteiger partial charge in [0.15, 0.2) is 18.2 Å². The van der Waals surface area contributed by atoms with Crippen LogP contribution in [0.4, 0.5) is 0 Å². The van der Waals surface area contributed by atoms with Crippen molar-refractivity contribution >= 4 is 35.4 Å². The lowest BCUT2D eigenvalue weighted by Gasteiger charge is -2.43. The number of fused-ring (bicyclic) bond motifs is 1. The molecule has 18 nitrogen and oxygen atoms in total. The number of Topliss-reactive ketones (excluding diaryl/α,β-unsaturated/α-hetero) is 1. The van der Waals surface area contributed by atoms with Gasteiger partial charge in [0.1, 0.15) is 48.4 Å². The number of carboxylic acid groups (broad SMARTS) is 1. The van der Waals surface area contributed by atoms with Crippen LogP contribution in [-0.4, -0.2) is 186 Å². The zero-order valence-corrected chi connectivity index (χ0v) is 38.1. The zero-order valence-electron chi connectivity index (χ0n) is 37.3. The summed E-state index contributed by atoms with van der Waals surface area (Å²) in [5.41, 5.74) is -2.05. The molecule has 5 N–H and O–H groups in total. The molecule has 3 fully saturated rings. The normalized spacial score (nSPS) is 42.6. The van der Waals surface area contributed by atoms with Gasteiger partial charge in [-0.3, -0.25) is 9.59 Å². The van der Waals surface area contributed by atoms with Gasteiger partial charge in [-0.05, 0) is 53.1 Å². The molecule has 19 heteroatoms. The molecule has 3 unspecified atom stereocenters. The number of carbonyl (C=O) groups is 4. The van der Waals surface area contributed by atoms with Crippen LogP contribution in [0.3, 0.4) is 0 Å². The molecule has 61 heavy (non-hydrogen) atoms. The van der Waals surface area contributed by atoms with Gasteiger partial charge >= 0.3 is 11.9 Å². The van der Waals surface area contributed by atoms with E-state index in [9.17, 15) is 39.6 Å². The fraction of sp³-hybridized carbons (Fsp3) is 0.857. The van der Waals surface area contributed by atoms with E-state index in [4.69, 9.17) is 37.9 Å². The summed E-state index contributed by atoms with van der Waals surface area (Å²) in [6.07, 6.45) is -6.82. The highest BCUT2D eigenvalue weighted by atomic mass is 32.2. The second-order valence-corrected chi connectivity index (χ2v) is 18.7. The number of aliphatic hydroxyl groups excluding tert-OH is 2. The van der Waals surface area contributed by atoms with Crippen LogP contribution in [0.15, 0.2) is 12.2 Å². The summed E-state index contributed by atoms with van der Waals surface area (Å²) >= 11 is 1.12. The Morgan fingerprint density at radius 2 is 1.66 bits per heavy atom. The van der Waals surface area contributed by atoms with Gasteiger partial charge in [0.25, 0.3) is 0 Å². The predicted octanol–water partition coefficient (Wildman–Crippen LogP) is 1.29. The Morgan fingerprint density at radius 3 is 2.25 bits per heavy atom. The number of aliphatic hydroxyl groups is 3. The first kappa shape index (κ1) is 51.4. The molecule has 4 aliphatic rings. The fourth-order valence-electron chi connectivity index (χ4n) is 8.80. The Labute approximate surface area is 363 Å². The number of nitrogens with one attached hydrogen (secondary N) is 1. The summed E-state index contributed by atoms with van der Waals surface area (Å²) in [5, 5.41) is 46.4. The Kier molecular flexibility index (Phi) is 19.0. The number of carboxylic acids is 1. The minimum absolute atomic E-state index is 0.0878. The van der Waals surface area contributed by atoms with E-state index in [0.717, 1.165) is 11.8 Å². The first-order chi connectivity index (χ1) is 28.7. The van der Waals surface area contributed by atoms with E-state index in [1.54, 1.807) is 26.8 Å². The van der Waals surface area contributed by atoms with Crippen LogP contribution < -0.4 is 5.32 Å². The number of amides is 1. The third-order valence-corrected chi connectivity index (χ3v) is 13.8. The molecule has 1 amide bonds. The summed E-state index contributed by atoms with van der Waals surface area (Å²) in [6.45, 7) is 11.6. The number of cyclic esters (lactones) is 1. The molecule has 3 saturated heterocycles. The number of carbonyl (C=O) groups excluding carboxylic acids is 3. The van der Waals surface area contributed by atoms with E-state index in [1.807, 2.05) is 39.8 Å². The number of epoxide rings is 1. The number of ketones is 1. The summed E-state index contributed by atoms with van der Waals surface area (Å²) in [6, 6.07) is -1.51. The highest BCUT2D eigenvalue weighted by Gasteiger charge is 2.62. The Balaban J connectivity index is 1.72. The minimum atomic E-state index is -2.05. The second-order valence-electron chi connectivity index (χ2n) is 17.4. The lowest BCUT2D eigenvalue weighted by Crippen LogP contribution is -2.61. The molecule has 350 valence electrons. The maximum absolute atomic E-state index is 14.2. The predicted molar refractivity (Wildman–Crippen MR) is 221 cm³/mol. The van der Waals surface area contributed by atoms with Crippen molar-refractivity contribution in [3.8, 4) is 0 Å². The van der Waals surface area contributed by atoms with Crippen LogP contribution in [-0.2, 0) is 57.1 Å². The van der Waals surface area contributed by atoms with Crippen molar-refractivity contribution in [3.05, 3.63) is 12.2 Å². The number of ether oxygens (including phenoxy) is 8. The molecule has 4 aliphatic heterocycles. The molecule has 0 spiro atoms. The first-order valence-electron chi connectivity index (χ1n) is 21.2. The third kappa shape index (κ3) is 12.9. The summed E-state index contributed by atoms with van der Waals surface area (Å²) in [7, 11) is 6.57. The SMILES string of the molecule is CCC1OC(=O)/C=C\[C@H](C)[C@@H](O[C@@H]2OC(C)C[C@H](N(C)C)[C@H]2O)[C@@H](C)C[C@@H](C)C(=O)CC(SC[C@@H](NC(C)=O)C(=O)O)[C@H]2O[C@H]2[C@]1(O)CO[C@@H]1O[C@H](C)[C@@H](O)[C@@H](OC)[C@H]1OC. The smallest absolute Gasteiger partial charge is 0.330 e. The monoisotopic (exact) mass is 890 g/mol. The number of methoxy groups -OCH3 is 2. The molecule has 19 atom stereocenters. The zero-order chi connectivity index (χ0) is 45.5. The number of rotatable bonds is 14. The van der Waals surface area contributed by atoms with Gasteiger partial charge in [-0.15, -0.1) is 0 Å². The van der Waals surface area contributed by atoms with Crippen LogP contribution in [0.1, 0.15) is 74.1 Å².